The monoisotopic (exact) mass is 535 g/mol. The van der Waals surface area contributed by atoms with E-state index in [-0.39, 0.29) is 10.6 Å². The van der Waals surface area contributed by atoms with Gasteiger partial charge in [0.05, 0.1) is 27.3 Å². The second kappa shape index (κ2) is 11.4. The highest BCUT2D eigenvalue weighted by Crippen LogP contribution is 2.38. The van der Waals surface area contributed by atoms with E-state index in [1.165, 1.54) is 43.8 Å². The van der Waals surface area contributed by atoms with Crippen LogP contribution in [0.15, 0.2) is 63.4 Å². The van der Waals surface area contributed by atoms with Gasteiger partial charge in [-0.1, -0.05) is 41.0 Å². The minimum atomic E-state index is -3.66. The van der Waals surface area contributed by atoms with Crippen LogP contribution >= 0.6 is 35.0 Å². The Bertz CT molecular complexity index is 1200. The number of hydrogen-bond donors (Lipinski definition) is 0. The van der Waals surface area contributed by atoms with E-state index in [0.29, 0.717) is 31.4 Å². The number of benzene rings is 2. The van der Waals surface area contributed by atoms with Crippen molar-refractivity contribution in [2.75, 3.05) is 31.9 Å². The van der Waals surface area contributed by atoms with Gasteiger partial charge < -0.3 is 9.80 Å². The molecule has 5 nitrogen and oxygen atoms in total. The summed E-state index contributed by atoms with van der Waals surface area (Å²) >= 11 is 13.6. The molecule has 2 aliphatic heterocycles. The first-order valence-electron chi connectivity index (χ1n) is 11.4. The minimum Gasteiger partial charge on any atom is -0.378 e. The van der Waals surface area contributed by atoms with E-state index >= 15 is 0 Å². The second-order valence-electron chi connectivity index (χ2n) is 8.63. The van der Waals surface area contributed by atoms with Gasteiger partial charge in [-0.2, -0.15) is 5.26 Å². The van der Waals surface area contributed by atoms with Gasteiger partial charge in [-0.05, 0) is 81.4 Å². The SMILES string of the molecule is N#Cc1ccc(Sc2cc(Cl)ccc2Cl)c(S(=O)(=O)CC=CN2CCC(N3CCCC3)CC2)c1. The molecule has 2 aromatic carbocycles. The molecule has 0 saturated carbocycles. The Morgan fingerprint density at radius 3 is 2.47 bits per heavy atom. The van der Waals surface area contributed by atoms with Crippen LogP contribution in [-0.4, -0.2) is 56.2 Å². The van der Waals surface area contributed by atoms with Gasteiger partial charge >= 0.3 is 0 Å². The smallest absolute Gasteiger partial charge is 0.183 e. The summed E-state index contributed by atoms with van der Waals surface area (Å²) < 4.78 is 26.5. The van der Waals surface area contributed by atoms with Crippen LogP contribution in [0.25, 0.3) is 0 Å². The molecule has 0 bridgehead atoms. The lowest BCUT2D eigenvalue weighted by molar-refractivity contribution is 0.154. The summed E-state index contributed by atoms with van der Waals surface area (Å²) in [5.41, 5.74) is 0.299. The largest absolute Gasteiger partial charge is 0.378 e. The van der Waals surface area contributed by atoms with Gasteiger partial charge in [-0.15, -0.1) is 0 Å². The van der Waals surface area contributed by atoms with E-state index in [0.717, 1.165) is 25.9 Å². The normalized spacial score (nSPS) is 18.0. The summed E-state index contributed by atoms with van der Waals surface area (Å²) in [4.78, 5) is 6.11. The van der Waals surface area contributed by atoms with Crippen molar-refractivity contribution in [2.45, 2.75) is 46.4 Å². The van der Waals surface area contributed by atoms with Gasteiger partial charge in [0, 0.05) is 33.9 Å². The Morgan fingerprint density at radius 2 is 1.76 bits per heavy atom. The van der Waals surface area contributed by atoms with Crippen LogP contribution in [0.4, 0.5) is 0 Å². The van der Waals surface area contributed by atoms with Crippen molar-refractivity contribution >= 4 is 44.8 Å². The van der Waals surface area contributed by atoms with E-state index < -0.39 is 9.84 Å². The average Bonchev–Trinajstić information content (AvgIpc) is 3.37. The first-order chi connectivity index (χ1) is 16.4. The summed E-state index contributed by atoms with van der Waals surface area (Å²) in [6, 6.07) is 12.5. The fourth-order valence-electron chi connectivity index (χ4n) is 4.49. The third-order valence-corrected chi connectivity index (χ3v) is 9.89. The summed E-state index contributed by atoms with van der Waals surface area (Å²) in [6.07, 6.45) is 8.45. The Morgan fingerprint density at radius 1 is 1.03 bits per heavy atom. The van der Waals surface area contributed by atoms with Gasteiger partial charge in [0.2, 0.25) is 0 Å². The van der Waals surface area contributed by atoms with Gasteiger partial charge in [0.15, 0.2) is 9.84 Å². The third kappa shape index (κ3) is 6.30. The average molecular weight is 537 g/mol. The molecule has 0 atom stereocenters. The van der Waals surface area contributed by atoms with Crippen LogP contribution in [0.1, 0.15) is 31.2 Å². The maximum Gasteiger partial charge on any atom is 0.183 e. The standard InChI is InChI=1S/C25H27Cl2N3O2S2/c26-20-5-6-22(27)24(17-20)33-23-7-4-19(18-28)16-25(23)34(31,32)15-3-10-29-13-8-21(9-14-29)30-11-1-2-12-30/h3-7,10,16-17,21H,1-2,8-9,11-15H2. The van der Waals surface area contributed by atoms with Crippen LogP contribution < -0.4 is 0 Å². The maximum atomic E-state index is 13.3. The van der Waals surface area contributed by atoms with Gasteiger partial charge in [-0.25, -0.2) is 8.42 Å². The lowest BCUT2D eigenvalue weighted by Gasteiger charge is -2.36. The fraction of sp³-hybridized carbons (Fsp3) is 0.400. The first kappa shape index (κ1) is 25.4. The van der Waals surface area contributed by atoms with Crippen LogP contribution in [0.3, 0.4) is 0 Å². The Kier molecular flexibility index (Phi) is 8.49. The van der Waals surface area contributed by atoms with Crippen LogP contribution in [0.5, 0.6) is 0 Å². The molecule has 0 spiro atoms. The Balaban J connectivity index is 1.46. The van der Waals surface area contributed by atoms with Crippen molar-refractivity contribution in [3.63, 3.8) is 0 Å². The van der Waals surface area contributed by atoms with E-state index in [1.807, 2.05) is 12.3 Å². The molecule has 9 heteroatoms. The van der Waals surface area contributed by atoms with E-state index in [9.17, 15) is 13.7 Å². The number of nitrogens with zero attached hydrogens (tertiary/aromatic N) is 3. The predicted octanol–water partition coefficient (Wildman–Crippen LogP) is 5.86. The predicted molar refractivity (Wildman–Crippen MR) is 138 cm³/mol. The number of hydrogen-bond acceptors (Lipinski definition) is 6. The molecular formula is C25H27Cl2N3O2S2. The maximum absolute atomic E-state index is 13.3. The zero-order valence-corrected chi connectivity index (χ0v) is 21.9. The molecule has 4 rings (SSSR count). The molecular weight excluding hydrogens is 509 g/mol. The zero-order valence-electron chi connectivity index (χ0n) is 18.8. The van der Waals surface area contributed by atoms with Crippen molar-refractivity contribution in [3.05, 3.63) is 64.3 Å². The van der Waals surface area contributed by atoms with Gasteiger partial charge in [0.25, 0.3) is 0 Å². The van der Waals surface area contributed by atoms with Crippen molar-refractivity contribution < 1.29 is 8.42 Å². The molecule has 2 aliphatic rings. The van der Waals surface area contributed by atoms with Crippen molar-refractivity contribution in [2.24, 2.45) is 0 Å². The van der Waals surface area contributed by atoms with E-state index in [1.54, 1.807) is 36.4 Å². The van der Waals surface area contributed by atoms with Crippen LogP contribution in [0.2, 0.25) is 10.0 Å². The molecule has 0 unspecified atom stereocenters. The Hall–Kier alpha value is -1.69. The number of halogens is 2. The summed E-state index contributed by atoms with van der Waals surface area (Å²) in [7, 11) is -3.66. The molecule has 0 N–H and O–H groups in total. The lowest BCUT2D eigenvalue weighted by atomic mass is 10.0. The van der Waals surface area contributed by atoms with Gasteiger partial charge in [0.1, 0.15) is 0 Å². The summed E-state index contributed by atoms with van der Waals surface area (Å²) in [5.74, 6) is -0.134. The molecule has 180 valence electrons. The minimum absolute atomic E-state index is 0.130. The quantitative estimate of drug-likeness (QED) is 0.442. The number of likely N-dealkylation sites (tertiary alicyclic amines) is 2. The fourth-order valence-corrected chi connectivity index (χ4v) is 7.55. The highest BCUT2D eigenvalue weighted by atomic mass is 35.5. The van der Waals surface area contributed by atoms with Crippen LogP contribution in [0, 0.1) is 11.3 Å². The van der Waals surface area contributed by atoms with Gasteiger partial charge in [-0.3, -0.25) is 0 Å². The molecule has 2 aromatic rings. The van der Waals surface area contributed by atoms with Crippen LogP contribution in [-0.2, 0) is 9.84 Å². The van der Waals surface area contributed by atoms with Crippen molar-refractivity contribution in [1.82, 2.24) is 9.80 Å². The molecule has 34 heavy (non-hydrogen) atoms. The third-order valence-electron chi connectivity index (χ3n) is 6.31. The number of rotatable bonds is 7. The van der Waals surface area contributed by atoms with E-state index in [2.05, 4.69) is 9.80 Å². The van der Waals surface area contributed by atoms with Crippen molar-refractivity contribution in [1.29, 1.82) is 5.26 Å². The zero-order chi connectivity index (χ0) is 24.1. The molecule has 0 radical (unpaired) electrons. The topological polar surface area (TPSA) is 64.4 Å². The molecule has 2 heterocycles. The lowest BCUT2D eigenvalue weighted by Crippen LogP contribution is -2.42. The molecule has 2 fully saturated rings. The Labute approximate surface area is 216 Å². The second-order valence-corrected chi connectivity index (χ2v) is 12.6. The molecule has 0 aliphatic carbocycles. The molecule has 2 saturated heterocycles. The highest BCUT2D eigenvalue weighted by molar-refractivity contribution is 8.00. The first-order valence-corrected chi connectivity index (χ1v) is 14.6. The summed E-state index contributed by atoms with van der Waals surface area (Å²) in [5, 5.41) is 10.3. The van der Waals surface area contributed by atoms with E-state index in [4.69, 9.17) is 23.2 Å². The molecule has 0 amide bonds. The number of sulfone groups is 1. The molecule has 0 aromatic heterocycles. The highest BCUT2D eigenvalue weighted by Gasteiger charge is 2.25. The summed E-state index contributed by atoms with van der Waals surface area (Å²) in [6.45, 7) is 4.30. The van der Waals surface area contributed by atoms with Crippen molar-refractivity contribution in [3.8, 4) is 6.07 Å². The number of piperidine rings is 1. The number of nitriles is 1.